The number of anilines is 1. The Labute approximate surface area is 99.4 Å². The Hall–Kier alpha value is -0.890. The molecular formula is C8H13ClN4O2S. The Balaban J connectivity index is 3.21. The first-order chi connectivity index (χ1) is 7.43. The molecule has 0 radical (unpaired) electrons. The van der Waals surface area contributed by atoms with Crippen LogP contribution < -0.4 is 11.3 Å². The van der Waals surface area contributed by atoms with Gasteiger partial charge in [0.05, 0.1) is 5.02 Å². The molecule has 1 rings (SSSR count). The highest BCUT2D eigenvalue weighted by molar-refractivity contribution is 7.89. The van der Waals surface area contributed by atoms with Gasteiger partial charge >= 0.3 is 0 Å². The maximum Gasteiger partial charge on any atom is 0.244 e. The van der Waals surface area contributed by atoms with Gasteiger partial charge in [0.25, 0.3) is 0 Å². The minimum atomic E-state index is -3.52. The lowest BCUT2D eigenvalue weighted by Gasteiger charge is -2.15. The molecule has 1 heterocycles. The maximum absolute atomic E-state index is 11.9. The normalized spacial score (nSPS) is 11.8. The lowest BCUT2D eigenvalue weighted by Crippen LogP contribution is -2.26. The maximum atomic E-state index is 11.9. The summed E-state index contributed by atoms with van der Waals surface area (Å²) >= 11 is 5.80. The number of aromatic nitrogens is 1. The fourth-order valence-electron chi connectivity index (χ4n) is 1.02. The van der Waals surface area contributed by atoms with Gasteiger partial charge in [-0.15, -0.1) is 0 Å². The molecule has 16 heavy (non-hydrogen) atoms. The van der Waals surface area contributed by atoms with E-state index in [0.29, 0.717) is 6.54 Å². The van der Waals surface area contributed by atoms with Gasteiger partial charge in [0, 0.05) is 19.8 Å². The molecule has 8 heteroatoms. The van der Waals surface area contributed by atoms with Crippen molar-refractivity contribution in [3.63, 3.8) is 0 Å². The topological polar surface area (TPSA) is 88.3 Å². The molecule has 6 nitrogen and oxygen atoms in total. The van der Waals surface area contributed by atoms with Crippen molar-refractivity contribution >= 4 is 27.4 Å². The van der Waals surface area contributed by atoms with Crippen LogP contribution in [0.1, 0.15) is 6.92 Å². The van der Waals surface area contributed by atoms with Crippen LogP contribution in [-0.2, 0) is 10.0 Å². The first-order valence-electron chi connectivity index (χ1n) is 4.52. The van der Waals surface area contributed by atoms with Gasteiger partial charge in [-0.3, -0.25) is 0 Å². The average Bonchev–Trinajstić information content (AvgIpc) is 2.27. The van der Waals surface area contributed by atoms with Crippen LogP contribution in [0.3, 0.4) is 0 Å². The van der Waals surface area contributed by atoms with Gasteiger partial charge in [-0.2, -0.15) is 0 Å². The van der Waals surface area contributed by atoms with E-state index < -0.39 is 10.0 Å². The summed E-state index contributed by atoms with van der Waals surface area (Å²) < 4.78 is 25.0. The molecule has 0 unspecified atom stereocenters. The molecule has 1 aromatic rings. The molecule has 90 valence electrons. The lowest BCUT2D eigenvalue weighted by molar-refractivity contribution is 0.486. The molecule has 0 aromatic carbocycles. The number of rotatable bonds is 4. The van der Waals surface area contributed by atoms with Gasteiger partial charge in [0.1, 0.15) is 4.90 Å². The standard InChI is InChI=1S/C8H13ClN4O2S/c1-3-13(2)16(14,15)6-4-7(9)8(12-10)11-5-6/h4-5H,3,10H2,1-2H3,(H,11,12). The molecule has 1 aromatic heterocycles. The monoisotopic (exact) mass is 264 g/mol. The van der Waals surface area contributed by atoms with Gasteiger partial charge in [0.15, 0.2) is 5.82 Å². The summed E-state index contributed by atoms with van der Waals surface area (Å²) in [6, 6.07) is 1.31. The van der Waals surface area contributed by atoms with Crippen LogP contribution in [0, 0.1) is 0 Å². The number of nitrogens with zero attached hydrogens (tertiary/aromatic N) is 2. The minimum Gasteiger partial charge on any atom is -0.307 e. The number of sulfonamides is 1. The summed E-state index contributed by atoms with van der Waals surface area (Å²) in [5, 5.41) is 0.160. The Morgan fingerprint density at radius 2 is 2.25 bits per heavy atom. The number of nitrogens with one attached hydrogen (secondary N) is 1. The van der Waals surface area contributed by atoms with Crippen molar-refractivity contribution in [3.8, 4) is 0 Å². The molecule has 0 amide bonds. The van der Waals surface area contributed by atoms with Crippen LogP contribution >= 0.6 is 11.6 Å². The second kappa shape index (κ2) is 4.96. The van der Waals surface area contributed by atoms with Crippen molar-refractivity contribution in [2.75, 3.05) is 19.0 Å². The molecule has 0 saturated carbocycles. The summed E-state index contributed by atoms with van der Waals surface area (Å²) in [4.78, 5) is 3.85. The highest BCUT2D eigenvalue weighted by Gasteiger charge is 2.20. The smallest absolute Gasteiger partial charge is 0.244 e. The summed E-state index contributed by atoms with van der Waals surface area (Å²) in [6.07, 6.45) is 1.21. The zero-order chi connectivity index (χ0) is 12.3. The molecule has 0 saturated heterocycles. The summed E-state index contributed by atoms with van der Waals surface area (Å²) in [7, 11) is -2.03. The van der Waals surface area contributed by atoms with Crippen molar-refractivity contribution in [1.29, 1.82) is 0 Å². The van der Waals surface area contributed by atoms with Crippen LogP contribution in [0.15, 0.2) is 17.2 Å². The third-order valence-electron chi connectivity index (χ3n) is 2.11. The number of hydrogen-bond acceptors (Lipinski definition) is 5. The largest absolute Gasteiger partial charge is 0.307 e. The predicted octanol–water partition coefficient (Wildman–Crippen LogP) is 0.661. The molecule has 3 N–H and O–H groups in total. The van der Waals surface area contributed by atoms with Crippen LogP contribution in [0.2, 0.25) is 5.02 Å². The molecule has 0 bridgehead atoms. The van der Waals surface area contributed by atoms with E-state index >= 15 is 0 Å². The van der Waals surface area contributed by atoms with E-state index in [0.717, 1.165) is 0 Å². The van der Waals surface area contributed by atoms with E-state index in [1.165, 1.54) is 23.6 Å². The minimum absolute atomic E-state index is 0.0425. The van der Waals surface area contributed by atoms with E-state index in [1.54, 1.807) is 6.92 Å². The second-order valence-corrected chi connectivity index (χ2v) is 5.52. The van der Waals surface area contributed by atoms with Gasteiger partial charge in [-0.05, 0) is 6.07 Å². The van der Waals surface area contributed by atoms with Gasteiger partial charge in [0.2, 0.25) is 10.0 Å². The van der Waals surface area contributed by atoms with E-state index in [9.17, 15) is 8.42 Å². The Bertz CT molecular complexity index is 477. The van der Waals surface area contributed by atoms with Crippen molar-refractivity contribution in [1.82, 2.24) is 9.29 Å². The molecule has 0 fully saturated rings. The molecule has 0 aliphatic carbocycles. The first kappa shape index (κ1) is 13.2. The number of hydrazine groups is 1. The molecule has 0 aliphatic rings. The fraction of sp³-hybridized carbons (Fsp3) is 0.375. The second-order valence-electron chi connectivity index (χ2n) is 3.06. The van der Waals surface area contributed by atoms with E-state index in [4.69, 9.17) is 17.4 Å². The van der Waals surface area contributed by atoms with Crippen LogP contribution in [-0.4, -0.2) is 31.3 Å². The molecule has 0 aliphatic heterocycles. The third-order valence-corrected chi connectivity index (χ3v) is 4.29. The molecule has 0 spiro atoms. The Kier molecular flexibility index (Phi) is 4.09. The number of nitrogens with two attached hydrogens (primary N) is 1. The van der Waals surface area contributed by atoms with Gasteiger partial charge in [-0.25, -0.2) is 23.5 Å². The zero-order valence-corrected chi connectivity index (χ0v) is 10.5. The fourth-order valence-corrected chi connectivity index (χ4v) is 2.46. The van der Waals surface area contributed by atoms with Gasteiger partial charge < -0.3 is 5.43 Å². The van der Waals surface area contributed by atoms with Crippen LogP contribution in [0.4, 0.5) is 5.82 Å². The number of halogens is 1. The highest BCUT2D eigenvalue weighted by Crippen LogP contribution is 2.23. The summed E-state index contributed by atoms with van der Waals surface area (Å²) in [5.41, 5.74) is 2.27. The summed E-state index contributed by atoms with van der Waals surface area (Å²) in [5.74, 6) is 5.37. The van der Waals surface area contributed by atoms with Gasteiger partial charge in [-0.1, -0.05) is 18.5 Å². The molecule has 0 atom stereocenters. The predicted molar refractivity (Wildman–Crippen MR) is 62.5 cm³/mol. The zero-order valence-electron chi connectivity index (χ0n) is 8.94. The van der Waals surface area contributed by atoms with Crippen molar-refractivity contribution in [2.45, 2.75) is 11.8 Å². The van der Waals surface area contributed by atoms with Crippen molar-refractivity contribution < 1.29 is 8.42 Å². The number of pyridine rings is 1. The third kappa shape index (κ3) is 2.43. The number of hydrogen-bond donors (Lipinski definition) is 2. The van der Waals surface area contributed by atoms with Crippen LogP contribution in [0.25, 0.3) is 0 Å². The van der Waals surface area contributed by atoms with Crippen molar-refractivity contribution in [3.05, 3.63) is 17.3 Å². The quantitative estimate of drug-likeness (QED) is 0.616. The summed E-state index contributed by atoms with van der Waals surface area (Å²) in [6.45, 7) is 2.11. The van der Waals surface area contributed by atoms with E-state index in [2.05, 4.69) is 10.4 Å². The van der Waals surface area contributed by atoms with E-state index in [1.807, 2.05) is 0 Å². The molecular weight excluding hydrogens is 252 g/mol. The first-order valence-corrected chi connectivity index (χ1v) is 6.33. The number of nitrogen functional groups attached to an aromatic ring is 1. The highest BCUT2D eigenvalue weighted by atomic mass is 35.5. The van der Waals surface area contributed by atoms with E-state index in [-0.39, 0.29) is 15.7 Å². The van der Waals surface area contributed by atoms with Crippen LogP contribution in [0.5, 0.6) is 0 Å². The SMILES string of the molecule is CCN(C)S(=O)(=O)c1cnc(NN)c(Cl)c1. The Morgan fingerprint density at radius 3 is 2.69 bits per heavy atom. The lowest BCUT2D eigenvalue weighted by atomic mass is 10.5. The van der Waals surface area contributed by atoms with Crippen molar-refractivity contribution in [2.24, 2.45) is 5.84 Å². The Morgan fingerprint density at radius 1 is 1.62 bits per heavy atom. The average molecular weight is 265 g/mol.